The van der Waals surface area contributed by atoms with Crippen LogP contribution in [0.3, 0.4) is 0 Å². The van der Waals surface area contributed by atoms with E-state index in [1.165, 1.54) is 0 Å². The minimum Gasteiger partial charge on any atom is -0.487 e. The van der Waals surface area contributed by atoms with Crippen LogP contribution in [0.5, 0.6) is 11.5 Å². The Balaban J connectivity index is 1.61. The van der Waals surface area contributed by atoms with Gasteiger partial charge in [-0.15, -0.1) is 0 Å². The predicted octanol–water partition coefficient (Wildman–Crippen LogP) is 6.82. The number of anilines is 1. The summed E-state index contributed by atoms with van der Waals surface area (Å²) < 4.78 is 18.3. The number of carboxylic acid groups (broad SMARTS) is 1. The van der Waals surface area contributed by atoms with E-state index < -0.39 is 14.0 Å². The molecule has 7 nitrogen and oxygen atoms in total. The number of halogens is 1. The van der Waals surface area contributed by atoms with Crippen LogP contribution in [0.4, 0.5) is 5.69 Å². The molecule has 0 saturated carbocycles. The van der Waals surface area contributed by atoms with E-state index in [0.29, 0.717) is 42.0 Å². The lowest BCUT2D eigenvalue weighted by Gasteiger charge is -2.30. The first-order chi connectivity index (χ1) is 18.7. The molecule has 0 atom stereocenters. The highest BCUT2D eigenvalue weighted by Crippen LogP contribution is 2.41. The first-order valence-corrected chi connectivity index (χ1v) is 17.0. The molecule has 1 heterocycles. The number of nitrogens with zero attached hydrogens (tertiary/aromatic N) is 2. The second-order valence-corrected chi connectivity index (χ2v) is 16.6. The van der Waals surface area contributed by atoms with Crippen LogP contribution >= 0.6 is 11.6 Å². The van der Waals surface area contributed by atoms with Crippen molar-refractivity contribution in [3.8, 4) is 11.5 Å². The molecular formula is C30H35ClN2O5Si. The van der Waals surface area contributed by atoms with Gasteiger partial charge in [0.05, 0.1) is 17.1 Å². The average molecular weight is 567 g/mol. The molecule has 1 aliphatic heterocycles. The summed E-state index contributed by atoms with van der Waals surface area (Å²) in [6, 6.07) is 24.2. The summed E-state index contributed by atoms with van der Waals surface area (Å²) >= 11 is 6.70. The molecule has 1 N–H and O–H groups in total. The molecule has 3 aromatic carbocycles. The molecule has 0 amide bonds. The van der Waals surface area contributed by atoms with Gasteiger partial charge in [-0.1, -0.05) is 91.9 Å². The third-order valence-electron chi connectivity index (χ3n) is 6.18. The Bertz CT molecular complexity index is 1280. The number of hydrazine groups is 1. The van der Waals surface area contributed by atoms with E-state index in [-0.39, 0.29) is 18.8 Å². The van der Waals surface area contributed by atoms with E-state index in [1.807, 2.05) is 65.7 Å². The highest BCUT2D eigenvalue weighted by molar-refractivity contribution is 6.76. The van der Waals surface area contributed by atoms with Gasteiger partial charge >= 0.3 is 5.97 Å². The van der Waals surface area contributed by atoms with Crippen LogP contribution in [-0.4, -0.2) is 44.0 Å². The number of aliphatic carboxylic acids is 1. The minimum absolute atomic E-state index is 0.199. The first-order valence-electron chi connectivity index (χ1n) is 12.9. The Morgan fingerprint density at radius 2 is 1.51 bits per heavy atom. The SMILES string of the molecule is C[Si](C)(C)CCOCN1CC(C(=O)O)=CN1c1cc(Cl)c(OCc2ccccc2)cc1OCc1ccccc1. The largest absolute Gasteiger partial charge is 0.487 e. The van der Waals surface area contributed by atoms with Gasteiger partial charge in [0, 0.05) is 26.9 Å². The van der Waals surface area contributed by atoms with E-state index in [9.17, 15) is 9.90 Å². The fourth-order valence-corrected chi connectivity index (χ4v) is 4.91. The predicted molar refractivity (Wildman–Crippen MR) is 157 cm³/mol. The van der Waals surface area contributed by atoms with Gasteiger partial charge in [-0.25, -0.2) is 4.79 Å². The van der Waals surface area contributed by atoms with E-state index in [0.717, 1.165) is 17.2 Å². The van der Waals surface area contributed by atoms with Crippen LogP contribution in [0.1, 0.15) is 11.1 Å². The summed E-state index contributed by atoms with van der Waals surface area (Å²) in [6.45, 7) is 8.61. The van der Waals surface area contributed by atoms with Gasteiger partial charge in [-0.2, -0.15) is 5.01 Å². The van der Waals surface area contributed by atoms with E-state index in [4.69, 9.17) is 25.8 Å². The van der Waals surface area contributed by atoms with Crippen molar-refractivity contribution >= 4 is 31.3 Å². The van der Waals surface area contributed by atoms with Crippen LogP contribution in [0.2, 0.25) is 30.7 Å². The number of hydrogen-bond donors (Lipinski definition) is 1. The summed E-state index contributed by atoms with van der Waals surface area (Å²) in [5, 5.41) is 13.7. The van der Waals surface area contributed by atoms with Gasteiger partial charge in [0.15, 0.2) is 0 Å². The van der Waals surface area contributed by atoms with Crippen molar-refractivity contribution in [2.45, 2.75) is 38.9 Å². The van der Waals surface area contributed by atoms with Gasteiger partial charge in [0.1, 0.15) is 37.1 Å². The average Bonchev–Trinajstić information content (AvgIpc) is 3.34. The maximum Gasteiger partial charge on any atom is 0.334 e. The Morgan fingerprint density at radius 1 is 0.923 bits per heavy atom. The van der Waals surface area contributed by atoms with Crippen molar-refractivity contribution in [3.63, 3.8) is 0 Å². The molecule has 0 aromatic heterocycles. The lowest BCUT2D eigenvalue weighted by molar-refractivity contribution is -0.132. The van der Waals surface area contributed by atoms with Crippen molar-refractivity contribution in [2.75, 3.05) is 24.9 Å². The van der Waals surface area contributed by atoms with Crippen molar-refractivity contribution in [1.82, 2.24) is 5.01 Å². The van der Waals surface area contributed by atoms with Gasteiger partial charge in [-0.3, -0.25) is 5.01 Å². The van der Waals surface area contributed by atoms with E-state index >= 15 is 0 Å². The third kappa shape index (κ3) is 8.34. The maximum absolute atomic E-state index is 11.9. The molecule has 0 aliphatic carbocycles. The van der Waals surface area contributed by atoms with Gasteiger partial charge in [-0.05, 0) is 23.2 Å². The highest BCUT2D eigenvalue weighted by atomic mass is 35.5. The Kier molecular flexibility index (Phi) is 9.69. The number of ether oxygens (including phenoxy) is 3. The zero-order valence-corrected chi connectivity index (χ0v) is 24.4. The van der Waals surface area contributed by atoms with Crippen molar-refractivity contribution in [3.05, 3.63) is 101 Å². The van der Waals surface area contributed by atoms with Gasteiger partial charge in [0.2, 0.25) is 0 Å². The molecule has 3 aromatic rings. The summed E-state index contributed by atoms with van der Waals surface area (Å²) in [4.78, 5) is 11.9. The van der Waals surface area contributed by atoms with Crippen LogP contribution in [-0.2, 0) is 22.7 Å². The first kappa shape index (κ1) is 28.7. The van der Waals surface area contributed by atoms with Crippen LogP contribution in [0.15, 0.2) is 84.6 Å². The van der Waals surface area contributed by atoms with Gasteiger partial charge in [0.25, 0.3) is 0 Å². The molecule has 0 radical (unpaired) electrons. The molecule has 0 saturated heterocycles. The zero-order chi connectivity index (χ0) is 27.8. The monoisotopic (exact) mass is 566 g/mol. The number of hydrogen-bond acceptors (Lipinski definition) is 6. The fourth-order valence-electron chi connectivity index (χ4n) is 3.94. The molecule has 0 unspecified atom stereocenters. The van der Waals surface area contributed by atoms with Crippen molar-refractivity contribution in [2.24, 2.45) is 0 Å². The summed E-state index contributed by atoms with van der Waals surface area (Å²) in [6.07, 6.45) is 1.59. The molecular weight excluding hydrogens is 532 g/mol. The minimum atomic E-state index is -1.26. The highest BCUT2D eigenvalue weighted by Gasteiger charge is 2.30. The molecule has 9 heteroatoms. The molecule has 0 fully saturated rings. The molecule has 1 aliphatic rings. The third-order valence-corrected chi connectivity index (χ3v) is 8.18. The smallest absolute Gasteiger partial charge is 0.334 e. The maximum atomic E-state index is 11.9. The van der Waals surface area contributed by atoms with Crippen molar-refractivity contribution in [1.29, 1.82) is 0 Å². The number of carboxylic acids is 1. The number of rotatable bonds is 13. The summed E-state index contributed by atoms with van der Waals surface area (Å²) in [5.41, 5.74) is 2.87. The molecule has 0 spiro atoms. The molecule has 206 valence electrons. The zero-order valence-electron chi connectivity index (χ0n) is 22.6. The quantitative estimate of drug-likeness (QED) is 0.180. The lowest BCUT2D eigenvalue weighted by Crippen LogP contribution is -2.38. The standard InChI is InChI=1S/C30H35ClN2O5Si/c1-39(2,3)15-14-36-22-32-18-25(30(34)35)19-33(32)27-16-26(31)28(37-20-23-10-6-4-7-11-23)17-29(27)38-21-24-12-8-5-9-13-24/h4-13,16-17,19H,14-15,18,20-22H2,1-3H3,(H,34,35). The van der Waals surface area contributed by atoms with Crippen molar-refractivity contribution < 1.29 is 24.1 Å². The summed E-state index contributed by atoms with van der Waals surface area (Å²) in [5.74, 6) is 0.0125. The van der Waals surface area contributed by atoms with Gasteiger partial charge < -0.3 is 19.3 Å². The normalized spacial score (nSPS) is 13.8. The fraction of sp³-hybridized carbons (Fsp3) is 0.300. The Labute approximate surface area is 236 Å². The Morgan fingerprint density at radius 3 is 2.08 bits per heavy atom. The topological polar surface area (TPSA) is 71.5 Å². The second-order valence-electron chi connectivity index (χ2n) is 10.6. The van der Waals surface area contributed by atoms with E-state index in [2.05, 4.69) is 19.6 Å². The number of benzene rings is 3. The Hall–Kier alpha value is -3.30. The van der Waals surface area contributed by atoms with Crippen LogP contribution in [0, 0.1) is 0 Å². The number of carbonyl (C=O) groups is 1. The summed E-state index contributed by atoms with van der Waals surface area (Å²) in [7, 11) is -1.26. The van der Waals surface area contributed by atoms with Crippen LogP contribution in [0.25, 0.3) is 0 Å². The van der Waals surface area contributed by atoms with E-state index in [1.54, 1.807) is 23.3 Å². The van der Waals surface area contributed by atoms with Crippen LogP contribution < -0.4 is 14.5 Å². The second kappa shape index (κ2) is 13.2. The molecule has 0 bridgehead atoms. The molecule has 39 heavy (non-hydrogen) atoms. The molecule has 4 rings (SSSR count). The lowest BCUT2D eigenvalue weighted by atomic mass is 10.2.